The molecule has 13 nitrogen and oxygen atoms in total. The summed E-state index contributed by atoms with van der Waals surface area (Å²) < 4.78 is 0. The maximum absolute atomic E-state index is 13.8. The van der Waals surface area contributed by atoms with Gasteiger partial charge >= 0.3 is 5.97 Å². The summed E-state index contributed by atoms with van der Waals surface area (Å²) in [7, 11) is 3.02. The summed E-state index contributed by atoms with van der Waals surface area (Å²) in [6, 6.07) is 1.67. The summed E-state index contributed by atoms with van der Waals surface area (Å²) in [5.74, 6) is -9.76. The first-order valence-electron chi connectivity index (χ1n) is 11.8. The highest BCUT2D eigenvalue weighted by molar-refractivity contribution is 9.10. The highest BCUT2D eigenvalue weighted by Crippen LogP contribution is 2.53. The summed E-state index contributed by atoms with van der Waals surface area (Å²) in [5.41, 5.74) is 1.33. The molecule has 4 unspecified atom stereocenters. The van der Waals surface area contributed by atoms with Gasteiger partial charge in [-0.15, -0.1) is 17.0 Å². The van der Waals surface area contributed by atoms with Crippen molar-refractivity contribution in [2.24, 2.45) is 17.6 Å². The van der Waals surface area contributed by atoms with Crippen molar-refractivity contribution in [3.8, 4) is 5.75 Å². The number of nitrogens with one attached hydrogen (secondary N) is 1. The molecule has 5 atom stereocenters. The third kappa shape index (κ3) is 4.70. The topological polar surface area (TPSA) is 228 Å². The van der Waals surface area contributed by atoms with Crippen molar-refractivity contribution in [1.29, 1.82) is 0 Å². The molecule has 1 saturated carbocycles. The van der Waals surface area contributed by atoms with Gasteiger partial charge in [0.25, 0.3) is 5.91 Å². The van der Waals surface area contributed by atoms with E-state index in [0.717, 1.165) is 0 Å². The molecule has 2 amide bonds. The van der Waals surface area contributed by atoms with Gasteiger partial charge in [-0.3, -0.25) is 28.9 Å². The molecule has 0 radical (unpaired) electrons. The molecule has 4 rings (SSSR count). The van der Waals surface area contributed by atoms with Crippen molar-refractivity contribution in [2.45, 2.75) is 35.7 Å². The smallest absolute Gasteiger partial charge is 0.305 e. The van der Waals surface area contributed by atoms with E-state index < -0.39 is 86.9 Å². The molecule has 0 saturated heterocycles. The van der Waals surface area contributed by atoms with E-state index in [2.05, 4.69) is 21.2 Å². The van der Waals surface area contributed by atoms with Crippen LogP contribution in [0.4, 0.5) is 5.69 Å². The Morgan fingerprint density at radius 2 is 1.82 bits per heavy atom. The molecule has 8 N–H and O–H groups in total. The van der Waals surface area contributed by atoms with Crippen LogP contribution in [0.25, 0.3) is 5.76 Å². The quantitative estimate of drug-likeness (QED) is 0.125. The zero-order valence-electron chi connectivity index (χ0n) is 21.2. The second kappa shape index (κ2) is 11.0. The SMILES string of the molecule is Br.CN(C)C1C(=O)C(C(N)=O)=C(O)C2(O)C(=O)C3=C(O)c4c(ccc(NC(=O)[C@@H](Br)CC(=O)O)c4O)CC3CC12. The van der Waals surface area contributed by atoms with Crippen molar-refractivity contribution in [2.75, 3.05) is 19.4 Å². The Kier molecular flexibility index (Phi) is 8.56. The Morgan fingerprint density at radius 3 is 2.38 bits per heavy atom. The molecule has 0 aliphatic heterocycles. The van der Waals surface area contributed by atoms with Gasteiger partial charge in [-0.1, -0.05) is 22.0 Å². The Hall–Kier alpha value is -3.27. The van der Waals surface area contributed by atoms with Gasteiger partial charge < -0.3 is 36.6 Å². The number of nitrogens with two attached hydrogens (primary N) is 1. The number of phenols is 1. The van der Waals surface area contributed by atoms with Gasteiger partial charge in [0.2, 0.25) is 11.7 Å². The number of aliphatic hydroxyl groups is 3. The van der Waals surface area contributed by atoms with Crippen molar-refractivity contribution >= 4 is 73.7 Å². The predicted octanol–water partition coefficient (Wildman–Crippen LogP) is 0.719. The van der Waals surface area contributed by atoms with Crippen molar-refractivity contribution in [1.82, 2.24) is 4.90 Å². The number of fused-ring (bicyclic) bond motifs is 3. The van der Waals surface area contributed by atoms with Crippen LogP contribution in [0.1, 0.15) is 24.0 Å². The van der Waals surface area contributed by atoms with Gasteiger partial charge in [0.1, 0.15) is 27.7 Å². The van der Waals surface area contributed by atoms with E-state index in [1.807, 2.05) is 0 Å². The number of Topliss-reactive ketones (excluding diaryl/α,β-unsaturated/α-hetero) is 2. The number of alkyl halides is 1. The lowest BCUT2D eigenvalue weighted by molar-refractivity contribution is -0.153. The fourth-order valence-electron chi connectivity index (χ4n) is 5.78. The number of carbonyl (C=O) groups is 5. The molecular weight excluding hydrogens is 662 g/mol. The number of halogens is 2. The first-order valence-corrected chi connectivity index (χ1v) is 12.7. The summed E-state index contributed by atoms with van der Waals surface area (Å²) >= 11 is 2.95. The molecule has 216 valence electrons. The second-order valence-corrected chi connectivity index (χ2v) is 11.1. The largest absolute Gasteiger partial charge is 0.508 e. The molecular formula is C25H27Br2N3O10. The molecule has 3 aliphatic rings. The summed E-state index contributed by atoms with van der Waals surface area (Å²) in [6.45, 7) is 0. The van der Waals surface area contributed by atoms with Crippen LogP contribution in [-0.2, 0) is 30.4 Å². The lowest BCUT2D eigenvalue weighted by Gasteiger charge is -2.50. The van der Waals surface area contributed by atoms with Crippen LogP contribution >= 0.6 is 32.9 Å². The third-order valence-electron chi connectivity index (χ3n) is 7.49. The van der Waals surface area contributed by atoms with Crippen molar-refractivity contribution < 1.29 is 49.5 Å². The molecule has 0 bridgehead atoms. The molecule has 1 aromatic rings. The summed E-state index contributed by atoms with van der Waals surface area (Å²) in [4.78, 5) is 62.5. The van der Waals surface area contributed by atoms with E-state index >= 15 is 0 Å². The Labute approximate surface area is 246 Å². The number of ketones is 2. The van der Waals surface area contributed by atoms with Gasteiger partial charge in [-0.2, -0.15) is 0 Å². The maximum atomic E-state index is 13.8. The van der Waals surface area contributed by atoms with Gasteiger partial charge in [-0.25, -0.2) is 0 Å². The minimum atomic E-state index is -2.76. The highest BCUT2D eigenvalue weighted by atomic mass is 79.9. The number of aliphatic carboxylic acids is 1. The number of likely N-dealkylation sites (N-methyl/N-ethyl adjacent to an activating group) is 1. The predicted molar refractivity (Wildman–Crippen MR) is 148 cm³/mol. The summed E-state index contributed by atoms with van der Waals surface area (Å²) in [5, 5.41) is 55.8. The number of carbonyl (C=O) groups excluding carboxylic acids is 4. The fraction of sp³-hybridized carbons (Fsp3) is 0.400. The van der Waals surface area contributed by atoms with Gasteiger partial charge in [-0.05, 0) is 44.5 Å². The van der Waals surface area contributed by atoms with Crippen LogP contribution in [0, 0.1) is 11.8 Å². The number of carboxylic acid groups (broad SMARTS) is 1. The van der Waals surface area contributed by atoms with E-state index in [0.29, 0.717) is 5.56 Å². The van der Waals surface area contributed by atoms with Crippen LogP contribution in [0.15, 0.2) is 29.0 Å². The number of aromatic hydroxyl groups is 1. The number of aliphatic hydroxyl groups excluding tert-OH is 2. The molecule has 3 aliphatic carbocycles. The number of hydrogen-bond donors (Lipinski definition) is 7. The zero-order chi connectivity index (χ0) is 29.1. The molecule has 0 spiro atoms. The molecule has 0 heterocycles. The lowest BCUT2D eigenvalue weighted by Crippen LogP contribution is -2.65. The van der Waals surface area contributed by atoms with Crippen LogP contribution in [0.3, 0.4) is 0 Å². The van der Waals surface area contributed by atoms with E-state index in [4.69, 9.17) is 10.8 Å². The molecule has 1 aromatic carbocycles. The Bertz CT molecular complexity index is 1410. The van der Waals surface area contributed by atoms with Crippen molar-refractivity contribution in [3.63, 3.8) is 0 Å². The van der Waals surface area contributed by atoms with Crippen LogP contribution < -0.4 is 11.1 Å². The molecule has 40 heavy (non-hydrogen) atoms. The number of hydrogen-bond acceptors (Lipinski definition) is 10. The molecule has 15 heteroatoms. The standard InChI is InChI=1S/C25H26BrN3O10.BrH/c1-29(2)17-10-6-9-5-8-3-4-12(28-24(38)11(26)7-13(30)31)18(32)14(8)19(33)15(9)21(35)25(10,39)22(36)16(20(17)34)23(27)37;/h3-4,9-11,17,32-33,36,39H,5-7H2,1-2H3,(H2,27,37)(H,28,38)(H,30,31);1H/t9?,10?,11-,17?,25?;/m0./s1. The van der Waals surface area contributed by atoms with Gasteiger partial charge in [0, 0.05) is 11.5 Å². The van der Waals surface area contributed by atoms with Crippen molar-refractivity contribution in [3.05, 3.63) is 40.2 Å². The van der Waals surface area contributed by atoms with E-state index in [-0.39, 0.29) is 46.6 Å². The number of benzene rings is 1. The minimum absolute atomic E-state index is 0. The average molecular weight is 689 g/mol. The number of anilines is 1. The summed E-state index contributed by atoms with van der Waals surface area (Å²) in [6.07, 6.45) is -0.495. The average Bonchev–Trinajstić information content (AvgIpc) is 2.82. The van der Waals surface area contributed by atoms with Gasteiger partial charge in [0.05, 0.1) is 23.7 Å². The Morgan fingerprint density at radius 1 is 1.20 bits per heavy atom. The van der Waals surface area contributed by atoms with Crippen LogP contribution in [0.2, 0.25) is 0 Å². The highest BCUT2D eigenvalue weighted by Gasteiger charge is 2.64. The zero-order valence-corrected chi connectivity index (χ0v) is 24.5. The van der Waals surface area contributed by atoms with Gasteiger partial charge in [0.15, 0.2) is 11.4 Å². The first kappa shape index (κ1) is 31.3. The van der Waals surface area contributed by atoms with E-state index in [9.17, 15) is 44.4 Å². The van der Waals surface area contributed by atoms with Crippen LogP contribution in [0.5, 0.6) is 5.75 Å². The number of phenolic OH excluding ortho intramolecular Hbond substituents is 1. The number of rotatable bonds is 6. The fourth-order valence-corrected chi connectivity index (χ4v) is 6.17. The molecule has 0 aromatic heterocycles. The number of nitrogens with zero attached hydrogens (tertiary/aromatic N) is 1. The van der Waals surface area contributed by atoms with E-state index in [1.165, 1.54) is 31.1 Å². The third-order valence-corrected chi connectivity index (χ3v) is 8.23. The maximum Gasteiger partial charge on any atom is 0.305 e. The molecule has 1 fully saturated rings. The first-order chi connectivity index (χ1) is 18.1. The number of carboxylic acids is 1. The number of primary amides is 1. The van der Waals surface area contributed by atoms with Crippen LogP contribution in [-0.4, -0.2) is 90.3 Å². The monoisotopic (exact) mass is 687 g/mol. The number of amides is 2. The normalized spacial score (nSPS) is 26.4. The van der Waals surface area contributed by atoms with E-state index in [1.54, 1.807) is 0 Å². The minimum Gasteiger partial charge on any atom is -0.508 e. The Balaban J connectivity index is 0.00000441. The lowest BCUT2D eigenvalue weighted by atomic mass is 9.57. The second-order valence-electron chi connectivity index (χ2n) is 10.0.